The van der Waals surface area contributed by atoms with Crippen LogP contribution < -0.4 is 10.6 Å². The van der Waals surface area contributed by atoms with E-state index >= 15 is 0 Å². The van der Waals surface area contributed by atoms with Crippen LogP contribution in [0.2, 0.25) is 0 Å². The number of nitrogens with zero attached hydrogens (tertiary/aromatic N) is 2. The van der Waals surface area contributed by atoms with Crippen molar-refractivity contribution in [1.82, 2.24) is 20.4 Å². The van der Waals surface area contributed by atoms with Crippen molar-refractivity contribution in [2.24, 2.45) is 13.0 Å². The number of carbonyl (C=O) groups is 1. The molecule has 1 aliphatic heterocycles. The summed E-state index contributed by atoms with van der Waals surface area (Å²) in [4.78, 5) is 12.5. The van der Waals surface area contributed by atoms with Crippen LogP contribution in [-0.4, -0.2) is 41.1 Å². The molecule has 25 heavy (non-hydrogen) atoms. The Hall–Kier alpha value is -1.86. The molecule has 2 N–H and O–H groups in total. The Labute approximate surface area is 151 Å². The van der Waals surface area contributed by atoms with Gasteiger partial charge in [0.05, 0.1) is 12.1 Å². The lowest BCUT2D eigenvalue weighted by Crippen LogP contribution is -2.35. The molecule has 1 saturated heterocycles. The molecular weight excluding hydrogens is 339 g/mol. The van der Waals surface area contributed by atoms with E-state index in [1.165, 1.54) is 6.07 Å². The van der Waals surface area contributed by atoms with E-state index in [2.05, 4.69) is 15.7 Å². The first kappa shape index (κ1) is 17.9. The Morgan fingerprint density at radius 3 is 3.04 bits per heavy atom. The molecule has 7 heteroatoms. The summed E-state index contributed by atoms with van der Waals surface area (Å²) in [7, 11) is 1.88. The summed E-state index contributed by atoms with van der Waals surface area (Å²) in [5.74, 6) is 1.38. The van der Waals surface area contributed by atoms with Gasteiger partial charge in [-0.3, -0.25) is 9.48 Å². The molecule has 0 spiro atoms. The fourth-order valence-electron chi connectivity index (χ4n) is 3.11. The smallest absolute Gasteiger partial charge is 0.225 e. The summed E-state index contributed by atoms with van der Waals surface area (Å²) in [5, 5.41) is 10.5. The highest BCUT2D eigenvalue weighted by molar-refractivity contribution is 7.98. The maximum Gasteiger partial charge on any atom is 0.225 e. The van der Waals surface area contributed by atoms with Crippen molar-refractivity contribution in [3.8, 4) is 0 Å². The zero-order valence-electron chi connectivity index (χ0n) is 14.2. The van der Waals surface area contributed by atoms with Gasteiger partial charge in [0.15, 0.2) is 0 Å². The SMILES string of the molecule is Cn1cc([C@H]2CNC[C@@H]2C(=O)NCCSCc2ccccc2F)cn1. The van der Waals surface area contributed by atoms with Gasteiger partial charge in [-0.05, 0) is 17.2 Å². The van der Waals surface area contributed by atoms with Crippen LogP contribution in [0, 0.1) is 11.7 Å². The number of aromatic nitrogens is 2. The maximum absolute atomic E-state index is 13.5. The lowest BCUT2D eigenvalue weighted by atomic mass is 9.90. The van der Waals surface area contributed by atoms with Gasteiger partial charge in [0.25, 0.3) is 0 Å². The molecule has 0 radical (unpaired) electrons. The Morgan fingerprint density at radius 2 is 2.28 bits per heavy atom. The third-order valence-electron chi connectivity index (χ3n) is 4.47. The van der Waals surface area contributed by atoms with Gasteiger partial charge in [-0.2, -0.15) is 16.9 Å². The molecule has 1 aromatic carbocycles. The summed E-state index contributed by atoms with van der Waals surface area (Å²) in [6.45, 7) is 2.08. The van der Waals surface area contributed by atoms with Gasteiger partial charge >= 0.3 is 0 Å². The average molecular weight is 362 g/mol. The number of rotatable bonds is 7. The number of hydrogen-bond acceptors (Lipinski definition) is 4. The maximum atomic E-state index is 13.5. The van der Waals surface area contributed by atoms with Crippen molar-refractivity contribution in [3.63, 3.8) is 0 Å². The molecule has 5 nitrogen and oxygen atoms in total. The van der Waals surface area contributed by atoms with Gasteiger partial charge in [-0.1, -0.05) is 18.2 Å². The third kappa shape index (κ3) is 4.61. The number of benzene rings is 1. The molecular formula is C18H23FN4OS. The number of amides is 1. The fraction of sp³-hybridized carbons (Fsp3) is 0.444. The molecule has 2 aromatic rings. The first-order valence-electron chi connectivity index (χ1n) is 8.43. The summed E-state index contributed by atoms with van der Waals surface area (Å²) in [6.07, 6.45) is 3.81. The molecule has 2 atom stereocenters. The summed E-state index contributed by atoms with van der Waals surface area (Å²) < 4.78 is 15.3. The van der Waals surface area contributed by atoms with Crippen LogP contribution >= 0.6 is 11.8 Å². The minimum Gasteiger partial charge on any atom is -0.355 e. The number of carbonyl (C=O) groups excluding carboxylic acids is 1. The number of hydrogen-bond donors (Lipinski definition) is 2. The van der Waals surface area contributed by atoms with Crippen molar-refractivity contribution < 1.29 is 9.18 Å². The summed E-state index contributed by atoms with van der Waals surface area (Å²) >= 11 is 1.62. The Morgan fingerprint density at radius 1 is 1.44 bits per heavy atom. The lowest BCUT2D eigenvalue weighted by molar-refractivity contribution is -0.124. The standard InChI is InChI=1S/C18H23FN4OS/c1-23-11-14(8-22-23)15-9-20-10-16(15)18(24)21-6-7-25-12-13-4-2-3-5-17(13)19/h2-5,8,11,15-16,20H,6-7,9-10,12H2,1H3,(H,21,24)/t15-,16+/m1/s1. The molecule has 1 amide bonds. The quantitative estimate of drug-likeness (QED) is 0.739. The average Bonchev–Trinajstić information content (AvgIpc) is 3.24. The minimum atomic E-state index is -0.171. The van der Waals surface area contributed by atoms with Crippen LogP contribution in [0.3, 0.4) is 0 Å². The first-order chi connectivity index (χ1) is 12.1. The van der Waals surface area contributed by atoms with Crippen LogP contribution in [0.25, 0.3) is 0 Å². The Kier molecular flexibility index (Phi) is 6.09. The largest absolute Gasteiger partial charge is 0.355 e. The number of nitrogens with one attached hydrogen (secondary N) is 2. The van der Waals surface area contributed by atoms with Gasteiger partial charge in [0.1, 0.15) is 5.82 Å². The van der Waals surface area contributed by atoms with Gasteiger partial charge in [-0.25, -0.2) is 4.39 Å². The predicted molar refractivity (Wildman–Crippen MR) is 97.9 cm³/mol. The number of aryl methyl sites for hydroxylation is 1. The topological polar surface area (TPSA) is 59.0 Å². The molecule has 1 aliphatic rings. The van der Waals surface area contributed by atoms with E-state index in [1.807, 2.05) is 25.5 Å². The molecule has 134 valence electrons. The van der Waals surface area contributed by atoms with Crippen LogP contribution in [-0.2, 0) is 17.6 Å². The van der Waals surface area contributed by atoms with E-state index < -0.39 is 0 Å². The van der Waals surface area contributed by atoms with Crippen molar-refractivity contribution in [1.29, 1.82) is 0 Å². The zero-order valence-corrected chi connectivity index (χ0v) is 15.1. The Bertz CT molecular complexity index is 721. The predicted octanol–water partition coefficient (Wildman–Crippen LogP) is 1.91. The molecule has 1 aromatic heterocycles. The van der Waals surface area contributed by atoms with Crippen molar-refractivity contribution >= 4 is 17.7 Å². The second kappa shape index (κ2) is 8.49. The van der Waals surface area contributed by atoms with Crippen LogP contribution in [0.15, 0.2) is 36.7 Å². The molecule has 0 bridgehead atoms. The normalized spacial score (nSPS) is 19.9. The van der Waals surface area contributed by atoms with E-state index in [4.69, 9.17) is 0 Å². The second-order valence-corrected chi connectivity index (χ2v) is 7.36. The minimum absolute atomic E-state index is 0.0687. The van der Waals surface area contributed by atoms with E-state index in [0.717, 1.165) is 17.9 Å². The Balaban J connectivity index is 1.42. The van der Waals surface area contributed by atoms with E-state index in [-0.39, 0.29) is 23.6 Å². The van der Waals surface area contributed by atoms with E-state index in [9.17, 15) is 9.18 Å². The monoisotopic (exact) mass is 362 g/mol. The highest BCUT2D eigenvalue weighted by Crippen LogP contribution is 2.27. The number of thioether (sulfide) groups is 1. The third-order valence-corrected chi connectivity index (χ3v) is 5.47. The second-order valence-electron chi connectivity index (χ2n) is 6.25. The van der Waals surface area contributed by atoms with Gasteiger partial charge in [0.2, 0.25) is 5.91 Å². The first-order valence-corrected chi connectivity index (χ1v) is 9.58. The lowest BCUT2D eigenvalue weighted by Gasteiger charge is -2.17. The fourth-order valence-corrected chi connectivity index (χ4v) is 3.96. The van der Waals surface area contributed by atoms with E-state index in [1.54, 1.807) is 28.6 Å². The zero-order chi connectivity index (χ0) is 17.6. The van der Waals surface area contributed by atoms with Crippen molar-refractivity contribution in [3.05, 3.63) is 53.6 Å². The summed E-state index contributed by atoms with van der Waals surface area (Å²) in [6, 6.07) is 6.80. The van der Waals surface area contributed by atoms with Crippen LogP contribution in [0.1, 0.15) is 17.0 Å². The molecule has 3 rings (SSSR count). The highest BCUT2D eigenvalue weighted by atomic mass is 32.2. The molecule has 1 fully saturated rings. The highest BCUT2D eigenvalue weighted by Gasteiger charge is 2.34. The van der Waals surface area contributed by atoms with Crippen molar-refractivity contribution in [2.45, 2.75) is 11.7 Å². The summed E-state index contributed by atoms with van der Waals surface area (Å²) in [5.41, 5.74) is 1.80. The van der Waals surface area contributed by atoms with Crippen molar-refractivity contribution in [2.75, 3.05) is 25.4 Å². The van der Waals surface area contributed by atoms with Gasteiger partial charge < -0.3 is 10.6 Å². The van der Waals surface area contributed by atoms with Gasteiger partial charge in [0, 0.05) is 50.3 Å². The van der Waals surface area contributed by atoms with Crippen LogP contribution in [0.5, 0.6) is 0 Å². The van der Waals surface area contributed by atoms with Crippen LogP contribution in [0.4, 0.5) is 4.39 Å². The molecule has 0 saturated carbocycles. The molecule has 2 heterocycles. The molecule has 0 unspecified atom stereocenters. The van der Waals surface area contributed by atoms with Gasteiger partial charge in [-0.15, -0.1) is 0 Å². The van der Waals surface area contributed by atoms with E-state index in [0.29, 0.717) is 24.4 Å². The molecule has 0 aliphatic carbocycles. The number of halogens is 1.